The largest absolute Gasteiger partial charge is 0.508 e. The van der Waals surface area contributed by atoms with Gasteiger partial charge in [-0.15, -0.1) is 5.10 Å². The maximum atomic E-state index is 13.3. The summed E-state index contributed by atoms with van der Waals surface area (Å²) in [6.07, 6.45) is -4.35. The summed E-state index contributed by atoms with van der Waals surface area (Å²) in [5, 5.41) is 18.4. The molecule has 0 amide bonds. The third-order valence-electron chi connectivity index (χ3n) is 3.39. The van der Waals surface area contributed by atoms with E-state index in [0.29, 0.717) is 36.9 Å². The number of tetrazole rings is 1. The molecule has 1 N–H and O–H groups in total. The van der Waals surface area contributed by atoms with E-state index in [0.717, 1.165) is 0 Å². The fraction of sp³-hybridized carbons (Fsp3) is 0.462. The van der Waals surface area contributed by atoms with Crippen LogP contribution in [0.2, 0.25) is 0 Å². The lowest BCUT2D eigenvalue weighted by Gasteiger charge is -2.24. The Morgan fingerprint density at radius 3 is 2.65 bits per heavy atom. The lowest BCUT2D eigenvalue weighted by Crippen LogP contribution is -2.37. The van der Waals surface area contributed by atoms with E-state index in [1.165, 1.54) is 28.9 Å². The molecule has 124 valence electrons. The third kappa shape index (κ3) is 3.58. The van der Waals surface area contributed by atoms with Crippen molar-refractivity contribution in [3.8, 4) is 11.4 Å². The number of alkyl halides is 3. The first-order valence-electron chi connectivity index (χ1n) is 6.88. The lowest BCUT2D eigenvalue weighted by atomic mass is 10.2. The van der Waals surface area contributed by atoms with Gasteiger partial charge in [-0.2, -0.15) is 17.9 Å². The molecule has 1 aliphatic rings. The van der Waals surface area contributed by atoms with E-state index in [9.17, 15) is 18.3 Å². The lowest BCUT2D eigenvalue weighted by molar-refractivity contribution is -0.148. The van der Waals surface area contributed by atoms with Crippen LogP contribution < -0.4 is 0 Å². The zero-order valence-corrected chi connectivity index (χ0v) is 12.6. The van der Waals surface area contributed by atoms with Crippen molar-refractivity contribution in [3.05, 3.63) is 24.3 Å². The average molecular weight is 346 g/mol. The Kier molecular flexibility index (Phi) is 4.44. The molecule has 0 unspecified atom stereocenters. The molecule has 1 aliphatic heterocycles. The van der Waals surface area contributed by atoms with Crippen molar-refractivity contribution < 1.29 is 23.0 Å². The number of rotatable bonds is 4. The summed E-state index contributed by atoms with van der Waals surface area (Å²) in [4.78, 5) is 0. The molecular formula is C13H13F3N4O2S. The summed E-state index contributed by atoms with van der Waals surface area (Å²) < 4.78 is 46.4. The quantitative estimate of drug-likeness (QED) is 0.858. The highest BCUT2D eigenvalue weighted by molar-refractivity contribution is 7.99. The first-order valence-corrected chi connectivity index (χ1v) is 7.76. The second-order valence-corrected chi connectivity index (χ2v) is 6.13. The van der Waals surface area contributed by atoms with Gasteiger partial charge in [0.2, 0.25) is 5.16 Å². The maximum Gasteiger partial charge on any atom is 0.403 e. The minimum absolute atomic E-state index is 0.0218. The molecule has 0 saturated carbocycles. The number of thioether (sulfide) groups is 1. The molecule has 2 atom stereocenters. The van der Waals surface area contributed by atoms with Gasteiger partial charge in [0.1, 0.15) is 11.0 Å². The molecule has 1 fully saturated rings. The number of aromatic nitrogens is 4. The Hall–Kier alpha value is -1.81. The Morgan fingerprint density at radius 1 is 1.30 bits per heavy atom. The molecule has 1 aromatic carbocycles. The van der Waals surface area contributed by atoms with Crippen molar-refractivity contribution in [1.82, 2.24) is 20.2 Å². The number of phenolic OH excluding ortho intramolecular Hbond substituents is 1. The Balaban J connectivity index is 1.86. The van der Waals surface area contributed by atoms with Crippen molar-refractivity contribution in [3.63, 3.8) is 0 Å². The number of benzene rings is 1. The molecule has 0 radical (unpaired) electrons. The SMILES string of the molecule is Oc1ccc(-n2nnnc2S[C@H]([C@H]2CCCO2)C(F)(F)F)cc1. The molecule has 1 saturated heterocycles. The normalized spacial score (nSPS) is 19.9. The van der Waals surface area contributed by atoms with Crippen LogP contribution in [0.25, 0.3) is 5.69 Å². The average Bonchev–Trinajstić information content (AvgIpc) is 3.16. The summed E-state index contributed by atoms with van der Waals surface area (Å²) in [6, 6.07) is 5.86. The van der Waals surface area contributed by atoms with Crippen LogP contribution in [-0.4, -0.2) is 49.5 Å². The molecule has 0 aliphatic carbocycles. The fourth-order valence-electron chi connectivity index (χ4n) is 2.32. The van der Waals surface area contributed by atoms with Gasteiger partial charge < -0.3 is 9.84 Å². The second kappa shape index (κ2) is 6.36. The van der Waals surface area contributed by atoms with Gasteiger partial charge in [-0.25, -0.2) is 0 Å². The summed E-state index contributed by atoms with van der Waals surface area (Å²) in [5.41, 5.74) is 0.462. The Bertz CT molecular complexity index is 656. The number of phenols is 1. The van der Waals surface area contributed by atoms with E-state index in [-0.39, 0.29) is 10.9 Å². The number of nitrogens with zero attached hydrogens (tertiary/aromatic N) is 4. The van der Waals surface area contributed by atoms with Crippen LogP contribution in [0.4, 0.5) is 13.2 Å². The van der Waals surface area contributed by atoms with Crippen molar-refractivity contribution in [2.24, 2.45) is 0 Å². The van der Waals surface area contributed by atoms with Crippen molar-refractivity contribution >= 4 is 11.8 Å². The van der Waals surface area contributed by atoms with Crippen LogP contribution >= 0.6 is 11.8 Å². The smallest absolute Gasteiger partial charge is 0.403 e. The molecular weight excluding hydrogens is 333 g/mol. The summed E-state index contributed by atoms with van der Waals surface area (Å²) in [7, 11) is 0. The van der Waals surface area contributed by atoms with E-state index in [1.807, 2.05) is 0 Å². The summed E-state index contributed by atoms with van der Waals surface area (Å²) in [5.74, 6) is 0.0450. The molecule has 2 heterocycles. The minimum Gasteiger partial charge on any atom is -0.508 e. The van der Waals surface area contributed by atoms with Crippen molar-refractivity contribution in [1.29, 1.82) is 0 Å². The van der Waals surface area contributed by atoms with Crippen LogP contribution in [0.3, 0.4) is 0 Å². The molecule has 23 heavy (non-hydrogen) atoms. The highest BCUT2D eigenvalue weighted by Crippen LogP contribution is 2.40. The van der Waals surface area contributed by atoms with Crippen LogP contribution in [0.15, 0.2) is 29.4 Å². The van der Waals surface area contributed by atoms with E-state index in [2.05, 4.69) is 15.5 Å². The standard InChI is InChI=1S/C13H13F3N4O2S/c14-13(15,16)11(10-2-1-7-22-10)23-12-17-18-19-20(12)8-3-5-9(21)6-4-8/h3-6,10-11,21H,1-2,7H2/t10-,11-/m1/s1. The summed E-state index contributed by atoms with van der Waals surface area (Å²) >= 11 is 0.540. The highest BCUT2D eigenvalue weighted by atomic mass is 32.2. The van der Waals surface area contributed by atoms with Gasteiger partial charge in [0, 0.05) is 6.61 Å². The van der Waals surface area contributed by atoms with E-state index in [4.69, 9.17) is 4.74 Å². The summed E-state index contributed by atoms with van der Waals surface area (Å²) in [6.45, 7) is 0.334. The third-order valence-corrected chi connectivity index (χ3v) is 4.68. The van der Waals surface area contributed by atoms with Crippen LogP contribution in [0, 0.1) is 0 Å². The Labute approximate surface area is 133 Å². The minimum atomic E-state index is -4.43. The molecule has 10 heteroatoms. The zero-order valence-electron chi connectivity index (χ0n) is 11.8. The molecule has 0 spiro atoms. The molecule has 1 aromatic heterocycles. The van der Waals surface area contributed by atoms with Gasteiger partial charge >= 0.3 is 6.18 Å². The number of hydrogen-bond acceptors (Lipinski definition) is 6. The van der Waals surface area contributed by atoms with Gasteiger partial charge in [-0.3, -0.25) is 0 Å². The topological polar surface area (TPSA) is 73.1 Å². The molecule has 3 rings (SSSR count). The maximum absolute atomic E-state index is 13.3. The predicted molar refractivity (Wildman–Crippen MR) is 75.5 cm³/mol. The molecule has 0 bridgehead atoms. The van der Waals surface area contributed by atoms with E-state index in [1.54, 1.807) is 0 Å². The van der Waals surface area contributed by atoms with Crippen LogP contribution in [0.5, 0.6) is 5.75 Å². The predicted octanol–water partition coefficient (Wildman–Crippen LogP) is 2.57. The van der Waals surface area contributed by atoms with Gasteiger partial charge in [0.05, 0.1) is 11.8 Å². The molecule has 6 nitrogen and oxygen atoms in total. The highest BCUT2D eigenvalue weighted by Gasteiger charge is 2.48. The number of halogens is 3. The van der Waals surface area contributed by atoms with Gasteiger partial charge in [0.15, 0.2) is 0 Å². The first-order chi connectivity index (χ1) is 10.9. The Morgan fingerprint density at radius 2 is 2.04 bits per heavy atom. The monoisotopic (exact) mass is 346 g/mol. The van der Waals surface area contributed by atoms with Crippen LogP contribution in [0.1, 0.15) is 12.8 Å². The first kappa shape index (κ1) is 16.1. The van der Waals surface area contributed by atoms with Gasteiger partial charge in [-0.1, -0.05) is 11.8 Å². The van der Waals surface area contributed by atoms with E-state index >= 15 is 0 Å². The van der Waals surface area contributed by atoms with Crippen molar-refractivity contribution in [2.75, 3.05) is 6.61 Å². The van der Waals surface area contributed by atoms with Gasteiger partial charge in [-0.05, 0) is 47.5 Å². The number of ether oxygens (including phenoxy) is 1. The van der Waals surface area contributed by atoms with Gasteiger partial charge in [0.25, 0.3) is 0 Å². The zero-order chi connectivity index (χ0) is 16.4. The number of aromatic hydroxyl groups is 1. The van der Waals surface area contributed by atoms with E-state index < -0.39 is 17.5 Å². The van der Waals surface area contributed by atoms with Crippen LogP contribution in [-0.2, 0) is 4.74 Å². The van der Waals surface area contributed by atoms with Crippen molar-refractivity contribution in [2.45, 2.75) is 35.5 Å². The molecule has 2 aromatic rings. The number of hydrogen-bond donors (Lipinski definition) is 1. The second-order valence-electron chi connectivity index (χ2n) is 5.02. The fourth-order valence-corrected chi connectivity index (χ4v) is 3.37.